The minimum atomic E-state index is 0. The van der Waals surface area contributed by atoms with Gasteiger partial charge in [0.15, 0.2) is 0 Å². The molecule has 214 valence electrons. The summed E-state index contributed by atoms with van der Waals surface area (Å²) in [5, 5.41) is 0. The van der Waals surface area contributed by atoms with E-state index in [1.165, 1.54) is 140 Å². The summed E-state index contributed by atoms with van der Waals surface area (Å²) in [5.41, 5.74) is 2.55. The predicted octanol–water partition coefficient (Wildman–Crippen LogP) is 12.0. The van der Waals surface area contributed by atoms with E-state index in [9.17, 15) is 0 Å². The maximum Gasteiger partial charge on any atom is 2.00 e. The number of benzene rings is 2. The fourth-order valence-electron chi connectivity index (χ4n) is 4.75. The van der Waals surface area contributed by atoms with Gasteiger partial charge in [-0.25, -0.2) is 0 Å². The van der Waals surface area contributed by atoms with E-state index in [1.54, 1.807) is 0 Å². The molecule has 0 spiro atoms. The topological polar surface area (TPSA) is 9.23 Å². The molecule has 38 heavy (non-hydrogen) atoms. The van der Waals surface area contributed by atoms with Crippen LogP contribution in [0.25, 0.3) is 11.1 Å². The Balaban J connectivity index is -0.000000764. The molecule has 0 heterocycles. The molecule has 0 N–H and O–H groups in total. The molecule has 0 fully saturated rings. The van der Waals surface area contributed by atoms with Crippen molar-refractivity contribution in [2.24, 2.45) is 0 Å². The molecule has 2 rings (SSSR count). The smallest absolute Gasteiger partial charge is 1.00 e. The zero-order valence-corrected chi connectivity index (χ0v) is 27.7. The molecule has 0 bridgehead atoms. The average Bonchev–Trinajstić information content (AvgIpc) is 2.95. The third-order valence-corrected chi connectivity index (χ3v) is 7.17. The van der Waals surface area contributed by atoms with Crippen molar-refractivity contribution in [2.75, 3.05) is 13.2 Å². The SMILES string of the molecule is CCCCCCCCCCCCOCCCCCCCCCCCC.[Ca+2].[H-].[H-].c1ccc(-c2ccccc2)cc1. The summed E-state index contributed by atoms with van der Waals surface area (Å²) in [6.07, 6.45) is 28.2. The summed E-state index contributed by atoms with van der Waals surface area (Å²) < 4.78 is 5.78. The Kier molecular flexibility index (Phi) is 30.9. The molecule has 0 radical (unpaired) electrons. The molecule has 0 amide bonds. The van der Waals surface area contributed by atoms with Gasteiger partial charge < -0.3 is 7.59 Å². The molecule has 0 saturated heterocycles. The standard InChI is InChI=1S/C24H50O.C12H10.Ca.2H/c1-3-5-7-9-11-13-15-17-19-21-23-25-24-22-20-18-16-14-12-10-8-6-4-2;1-3-7-11(8-4-1)12-9-5-2-6-10-12;;;/h3-24H2,1-2H3;1-10H;;;/q;;+2;2*-1. The molecule has 0 unspecified atom stereocenters. The van der Waals surface area contributed by atoms with E-state index < -0.39 is 0 Å². The van der Waals surface area contributed by atoms with Gasteiger partial charge in [-0.15, -0.1) is 0 Å². The maximum absolute atomic E-state index is 5.78. The van der Waals surface area contributed by atoms with Gasteiger partial charge in [0.25, 0.3) is 0 Å². The molecule has 1 nitrogen and oxygen atoms in total. The number of rotatable bonds is 23. The van der Waals surface area contributed by atoms with Crippen LogP contribution in [-0.4, -0.2) is 51.0 Å². The summed E-state index contributed by atoms with van der Waals surface area (Å²) in [6, 6.07) is 20.8. The van der Waals surface area contributed by atoms with Crippen LogP contribution in [0.15, 0.2) is 60.7 Å². The first kappa shape index (κ1) is 37.7. The van der Waals surface area contributed by atoms with Gasteiger partial charge in [0.2, 0.25) is 0 Å². The van der Waals surface area contributed by atoms with Crippen LogP contribution < -0.4 is 0 Å². The van der Waals surface area contributed by atoms with Crippen molar-refractivity contribution >= 4 is 37.7 Å². The van der Waals surface area contributed by atoms with Gasteiger partial charge in [-0.3, -0.25) is 0 Å². The fourth-order valence-corrected chi connectivity index (χ4v) is 4.75. The molecule has 0 aliphatic carbocycles. The van der Waals surface area contributed by atoms with E-state index in [0.29, 0.717) is 0 Å². The fraction of sp³-hybridized carbons (Fsp3) is 0.667. The Labute approximate surface area is 270 Å². The van der Waals surface area contributed by atoms with E-state index in [4.69, 9.17) is 4.74 Å². The van der Waals surface area contributed by atoms with Crippen LogP contribution in [0, 0.1) is 0 Å². The minimum Gasteiger partial charge on any atom is -1.00 e. The van der Waals surface area contributed by atoms with Gasteiger partial charge in [0.05, 0.1) is 0 Å². The third-order valence-electron chi connectivity index (χ3n) is 7.17. The molecule has 0 atom stereocenters. The van der Waals surface area contributed by atoms with Crippen molar-refractivity contribution in [3.8, 4) is 11.1 Å². The first-order chi connectivity index (χ1) is 18.4. The van der Waals surface area contributed by atoms with Gasteiger partial charge in [0, 0.05) is 13.2 Å². The minimum absolute atomic E-state index is 0. The number of unbranched alkanes of at least 4 members (excludes halogenated alkanes) is 18. The number of ether oxygens (including phenoxy) is 1. The average molecular weight is 551 g/mol. The zero-order valence-electron chi connectivity index (χ0n) is 27.4. The van der Waals surface area contributed by atoms with Gasteiger partial charge in [-0.05, 0) is 24.0 Å². The normalized spacial score (nSPS) is 10.5. The predicted molar refractivity (Wildman–Crippen MR) is 174 cm³/mol. The molecule has 2 aromatic carbocycles. The molecule has 0 aliphatic heterocycles. The van der Waals surface area contributed by atoms with Gasteiger partial charge in [0.1, 0.15) is 0 Å². The Morgan fingerprint density at radius 2 is 0.658 bits per heavy atom. The number of hydrogen-bond donors (Lipinski definition) is 0. The third kappa shape index (κ3) is 24.7. The quantitative estimate of drug-likeness (QED) is 0.0987. The second kappa shape index (κ2) is 31.2. The second-order valence-corrected chi connectivity index (χ2v) is 10.7. The Hall–Kier alpha value is -0.340. The van der Waals surface area contributed by atoms with E-state index >= 15 is 0 Å². The van der Waals surface area contributed by atoms with E-state index in [2.05, 4.69) is 62.4 Å². The van der Waals surface area contributed by atoms with E-state index in [0.717, 1.165) is 13.2 Å². The van der Waals surface area contributed by atoms with Crippen LogP contribution in [0.5, 0.6) is 0 Å². The largest absolute Gasteiger partial charge is 2.00 e. The summed E-state index contributed by atoms with van der Waals surface area (Å²) in [5.74, 6) is 0. The molecule has 2 heteroatoms. The van der Waals surface area contributed by atoms with Crippen molar-refractivity contribution < 1.29 is 7.59 Å². The van der Waals surface area contributed by atoms with Crippen molar-refractivity contribution in [1.29, 1.82) is 0 Å². The molecular formula is C36H62CaO. The molecule has 0 aromatic heterocycles. The van der Waals surface area contributed by atoms with Crippen LogP contribution in [-0.2, 0) is 4.74 Å². The molecule has 0 saturated carbocycles. The summed E-state index contributed by atoms with van der Waals surface area (Å²) in [6.45, 7) is 6.57. The maximum atomic E-state index is 5.78. The zero-order chi connectivity index (χ0) is 26.5. The molecular weight excluding hydrogens is 488 g/mol. The van der Waals surface area contributed by atoms with Gasteiger partial charge >= 0.3 is 37.7 Å². The van der Waals surface area contributed by atoms with Crippen molar-refractivity contribution in [3.63, 3.8) is 0 Å². The summed E-state index contributed by atoms with van der Waals surface area (Å²) in [7, 11) is 0. The van der Waals surface area contributed by atoms with E-state index in [-0.39, 0.29) is 40.6 Å². The molecule has 2 aromatic rings. The summed E-state index contributed by atoms with van der Waals surface area (Å²) >= 11 is 0. The van der Waals surface area contributed by atoms with Crippen molar-refractivity contribution in [1.82, 2.24) is 0 Å². The monoisotopic (exact) mass is 550 g/mol. The van der Waals surface area contributed by atoms with Gasteiger partial charge in [-0.1, -0.05) is 190 Å². The first-order valence-electron chi connectivity index (χ1n) is 16.1. The Morgan fingerprint density at radius 1 is 0.395 bits per heavy atom. The van der Waals surface area contributed by atoms with Gasteiger partial charge in [-0.2, -0.15) is 0 Å². The first-order valence-corrected chi connectivity index (χ1v) is 16.1. The van der Waals surface area contributed by atoms with Crippen LogP contribution in [0.4, 0.5) is 0 Å². The number of hydrogen-bond acceptors (Lipinski definition) is 1. The van der Waals surface area contributed by atoms with Crippen LogP contribution >= 0.6 is 0 Å². The van der Waals surface area contributed by atoms with Crippen LogP contribution in [0.2, 0.25) is 0 Å². The van der Waals surface area contributed by atoms with Crippen molar-refractivity contribution in [2.45, 2.75) is 142 Å². The molecule has 0 aliphatic rings. The second-order valence-electron chi connectivity index (χ2n) is 10.7. The van der Waals surface area contributed by atoms with E-state index in [1.807, 2.05) is 12.1 Å². The van der Waals surface area contributed by atoms with Crippen molar-refractivity contribution in [3.05, 3.63) is 60.7 Å². The van der Waals surface area contributed by atoms with Crippen LogP contribution in [0.3, 0.4) is 0 Å². The Bertz CT molecular complexity index is 624. The van der Waals surface area contributed by atoms with Crippen LogP contribution in [0.1, 0.15) is 145 Å². The summed E-state index contributed by atoms with van der Waals surface area (Å²) in [4.78, 5) is 0. The Morgan fingerprint density at radius 3 is 0.947 bits per heavy atom.